The minimum Gasteiger partial charge on any atom is -0.479 e. The van der Waals surface area contributed by atoms with Crippen LogP contribution in [0.15, 0.2) is 24.3 Å². The third kappa shape index (κ3) is 4.97. The number of nitrogens with one attached hydrogen (secondary N) is 1. The van der Waals surface area contributed by atoms with Gasteiger partial charge in [0.25, 0.3) is 0 Å². The lowest BCUT2D eigenvalue weighted by Crippen LogP contribution is -2.36. The van der Waals surface area contributed by atoms with Crippen molar-refractivity contribution in [1.29, 1.82) is 0 Å². The first-order chi connectivity index (χ1) is 8.90. The van der Waals surface area contributed by atoms with Crippen LogP contribution in [0.1, 0.15) is 24.8 Å². The summed E-state index contributed by atoms with van der Waals surface area (Å²) < 4.78 is 0. The van der Waals surface area contributed by atoms with Gasteiger partial charge in [0.15, 0.2) is 6.10 Å². The largest absolute Gasteiger partial charge is 0.479 e. The topological polar surface area (TPSA) is 113 Å². The van der Waals surface area contributed by atoms with Gasteiger partial charge in [-0.2, -0.15) is 0 Å². The molecule has 0 aliphatic carbocycles. The Morgan fingerprint density at radius 1 is 1.32 bits per heavy atom. The van der Waals surface area contributed by atoms with Gasteiger partial charge in [0.05, 0.1) is 6.54 Å². The van der Waals surface area contributed by atoms with Gasteiger partial charge in [0.2, 0.25) is 5.91 Å². The Hall–Kier alpha value is -2.08. The number of anilines is 1. The van der Waals surface area contributed by atoms with Crippen LogP contribution in [0.3, 0.4) is 0 Å². The summed E-state index contributed by atoms with van der Waals surface area (Å²) in [7, 11) is 0. The molecule has 104 valence electrons. The van der Waals surface area contributed by atoms with E-state index in [1.807, 2.05) is 19.1 Å². The predicted octanol–water partition coefficient (Wildman–Crippen LogP) is 0.324. The van der Waals surface area contributed by atoms with E-state index >= 15 is 0 Å². The normalized spacial score (nSPS) is 13.6. The zero-order chi connectivity index (χ0) is 14.4. The van der Waals surface area contributed by atoms with Crippen LogP contribution in [0.25, 0.3) is 0 Å². The molecule has 6 heteroatoms. The third-order valence-electron chi connectivity index (χ3n) is 2.77. The second kappa shape index (κ2) is 6.75. The summed E-state index contributed by atoms with van der Waals surface area (Å²) in [5, 5.41) is 19.9. The SMILES string of the molecule is CC(CC(=O)NC[C@H](O)C(=O)O)c1ccc(N)cc1. The average Bonchev–Trinajstić information content (AvgIpc) is 2.36. The molecule has 19 heavy (non-hydrogen) atoms. The van der Waals surface area contributed by atoms with Gasteiger partial charge in [-0.25, -0.2) is 4.79 Å². The number of hydrogen-bond donors (Lipinski definition) is 4. The molecule has 0 fully saturated rings. The second-order valence-corrected chi connectivity index (χ2v) is 4.43. The molecular formula is C13H18N2O4. The Kier molecular flexibility index (Phi) is 5.32. The number of hydrogen-bond acceptors (Lipinski definition) is 4. The van der Waals surface area contributed by atoms with Crippen LogP contribution < -0.4 is 11.1 Å². The summed E-state index contributed by atoms with van der Waals surface area (Å²) >= 11 is 0. The number of aliphatic hydroxyl groups excluding tert-OH is 1. The zero-order valence-corrected chi connectivity index (χ0v) is 10.7. The first-order valence-corrected chi connectivity index (χ1v) is 5.93. The highest BCUT2D eigenvalue weighted by molar-refractivity contribution is 5.78. The van der Waals surface area contributed by atoms with Crippen LogP contribution in [0.4, 0.5) is 5.69 Å². The zero-order valence-electron chi connectivity index (χ0n) is 10.7. The maximum atomic E-state index is 11.6. The van der Waals surface area contributed by atoms with Crippen LogP contribution in [-0.2, 0) is 9.59 Å². The van der Waals surface area contributed by atoms with Crippen LogP contribution >= 0.6 is 0 Å². The van der Waals surface area contributed by atoms with Crippen LogP contribution in [0, 0.1) is 0 Å². The van der Waals surface area contributed by atoms with Crippen LogP contribution in [0.2, 0.25) is 0 Å². The van der Waals surface area contributed by atoms with Gasteiger partial charge in [-0.3, -0.25) is 4.79 Å². The lowest BCUT2D eigenvalue weighted by atomic mass is 9.97. The Labute approximate surface area is 111 Å². The average molecular weight is 266 g/mol. The quantitative estimate of drug-likeness (QED) is 0.554. The standard InChI is InChI=1S/C13H18N2O4/c1-8(9-2-4-10(14)5-3-9)6-12(17)15-7-11(16)13(18)19/h2-5,8,11,16H,6-7,14H2,1H3,(H,15,17)(H,18,19)/t8?,11-/m0/s1. The number of benzene rings is 1. The van der Waals surface area contributed by atoms with Gasteiger partial charge < -0.3 is 21.3 Å². The second-order valence-electron chi connectivity index (χ2n) is 4.43. The van der Waals surface area contributed by atoms with E-state index in [4.69, 9.17) is 15.9 Å². The first kappa shape index (κ1) is 15.0. The number of rotatable bonds is 6. The number of carbonyl (C=O) groups is 2. The van der Waals surface area contributed by atoms with E-state index in [0.717, 1.165) is 5.56 Å². The van der Waals surface area contributed by atoms with Gasteiger partial charge in [0.1, 0.15) is 0 Å². The molecular weight excluding hydrogens is 248 g/mol. The van der Waals surface area contributed by atoms with Crippen molar-refractivity contribution in [2.24, 2.45) is 0 Å². The van der Waals surface area contributed by atoms with Crippen molar-refractivity contribution in [3.8, 4) is 0 Å². The molecule has 0 saturated carbocycles. The summed E-state index contributed by atoms with van der Waals surface area (Å²) in [6, 6.07) is 7.22. The number of carboxylic acid groups (broad SMARTS) is 1. The molecule has 1 unspecified atom stereocenters. The highest BCUT2D eigenvalue weighted by Gasteiger charge is 2.16. The van der Waals surface area contributed by atoms with E-state index in [-0.39, 0.29) is 24.8 Å². The fourth-order valence-corrected chi connectivity index (χ4v) is 1.59. The van der Waals surface area contributed by atoms with Gasteiger partial charge >= 0.3 is 5.97 Å². The van der Waals surface area contributed by atoms with Crippen molar-refractivity contribution < 1.29 is 19.8 Å². The number of aliphatic carboxylic acids is 1. The van der Waals surface area contributed by atoms with Gasteiger partial charge in [-0.15, -0.1) is 0 Å². The van der Waals surface area contributed by atoms with Crippen molar-refractivity contribution in [3.63, 3.8) is 0 Å². The highest BCUT2D eigenvalue weighted by atomic mass is 16.4. The van der Waals surface area contributed by atoms with Crippen LogP contribution in [-0.4, -0.2) is 34.7 Å². The van der Waals surface area contributed by atoms with Crippen molar-refractivity contribution >= 4 is 17.6 Å². The fourth-order valence-electron chi connectivity index (χ4n) is 1.59. The van der Waals surface area contributed by atoms with Gasteiger partial charge in [-0.1, -0.05) is 19.1 Å². The van der Waals surface area contributed by atoms with E-state index in [2.05, 4.69) is 5.32 Å². The molecule has 1 aromatic rings. The number of nitrogen functional groups attached to an aromatic ring is 1. The molecule has 0 bridgehead atoms. The minimum absolute atomic E-state index is 0.0115. The first-order valence-electron chi connectivity index (χ1n) is 5.93. The molecule has 1 aromatic carbocycles. The van der Waals surface area contributed by atoms with E-state index in [0.29, 0.717) is 5.69 Å². The number of carbonyl (C=O) groups excluding carboxylic acids is 1. The molecule has 1 amide bonds. The molecule has 0 spiro atoms. The highest BCUT2D eigenvalue weighted by Crippen LogP contribution is 2.19. The summed E-state index contributed by atoms with van der Waals surface area (Å²) in [4.78, 5) is 22.0. The Morgan fingerprint density at radius 2 is 1.89 bits per heavy atom. The molecule has 0 saturated heterocycles. The smallest absolute Gasteiger partial charge is 0.334 e. The fraction of sp³-hybridized carbons (Fsp3) is 0.385. The maximum absolute atomic E-state index is 11.6. The lowest BCUT2D eigenvalue weighted by Gasteiger charge is -2.13. The van der Waals surface area contributed by atoms with Gasteiger partial charge in [-0.05, 0) is 23.6 Å². The molecule has 0 heterocycles. The minimum atomic E-state index is -1.57. The number of carboxylic acids is 1. The lowest BCUT2D eigenvalue weighted by molar-refractivity contribution is -0.146. The Bertz CT molecular complexity index is 444. The Balaban J connectivity index is 2.44. The van der Waals surface area contributed by atoms with Gasteiger partial charge in [0, 0.05) is 12.1 Å². The molecule has 0 aliphatic heterocycles. The Morgan fingerprint density at radius 3 is 2.42 bits per heavy atom. The molecule has 0 aromatic heterocycles. The molecule has 1 rings (SSSR count). The molecule has 2 atom stereocenters. The van der Waals surface area contributed by atoms with Crippen molar-refractivity contribution in [2.75, 3.05) is 12.3 Å². The summed E-state index contributed by atoms with van der Waals surface area (Å²) in [6.07, 6.45) is -1.35. The summed E-state index contributed by atoms with van der Waals surface area (Å²) in [6.45, 7) is 1.60. The molecule has 5 N–H and O–H groups in total. The molecule has 6 nitrogen and oxygen atoms in total. The third-order valence-corrected chi connectivity index (χ3v) is 2.77. The van der Waals surface area contributed by atoms with E-state index in [9.17, 15) is 9.59 Å². The number of nitrogens with two attached hydrogens (primary N) is 1. The number of aliphatic hydroxyl groups is 1. The van der Waals surface area contributed by atoms with Crippen molar-refractivity contribution in [1.82, 2.24) is 5.32 Å². The van der Waals surface area contributed by atoms with Crippen LogP contribution in [0.5, 0.6) is 0 Å². The maximum Gasteiger partial charge on any atom is 0.334 e. The predicted molar refractivity (Wildman–Crippen MR) is 70.5 cm³/mol. The van der Waals surface area contributed by atoms with E-state index in [1.165, 1.54) is 0 Å². The monoisotopic (exact) mass is 266 g/mol. The van der Waals surface area contributed by atoms with Crippen molar-refractivity contribution in [3.05, 3.63) is 29.8 Å². The summed E-state index contributed by atoms with van der Waals surface area (Å²) in [5.74, 6) is -1.67. The molecule has 0 aliphatic rings. The van der Waals surface area contributed by atoms with E-state index < -0.39 is 12.1 Å². The summed E-state index contributed by atoms with van der Waals surface area (Å²) in [5.41, 5.74) is 7.21. The molecule has 0 radical (unpaired) electrons. The van der Waals surface area contributed by atoms with Crippen molar-refractivity contribution in [2.45, 2.75) is 25.4 Å². The number of amides is 1. The van der Waals surface area contributed by atoms with E-state index in [1.54, 1.807) is 12.1 Å².